The van der Waals surface area contributed by atoms with Gasteiger partial charge in [0.25, 0.3) is 0 Å². The van der Waals surface area contributed by atoms with Gasteiger partial charge in [0.05, 0.1) is 5.69 Å². The molecule has 1 aliphatic heterocycles. The molecular weight excluding hydrogens is 323 g/mol. The topological polar surface area (TPSA) is 51.2 Å². The Morgan fingerprint density at radius 1 is 1.23 bits per heavy atom. The fourth-order valence-corrected chi connectivity index (χ4v) is 2.73. The van der Waals surface area contributed by atoms with Gasteiger partial charge in [0, 0.05) is 28.9 Å². The van der Waals surface area contributed by atoms with Crippen molar-refractivity contribution < 1.29 is 9.53 Å². The zero-order valence-corrected chi connectivity index (χ0v) is 13.2. The van der Waals surface area contributed by atoms with Crippen LogP contribution in [0.25, 0.3) is 5.57 Å². The molecule has 112 valence electrons. The Bertz CT molecular complexity index is 774. The van der Waals surface area contributed by atoms with E-state index < -0.39 is 6.10 Å². The molecule has 0 saturated carbocycles. The predicted molar refractivity (Wildman–Crippen MR) is 85.5 cm³/mol. The lowest BCUT2D eigenvalue weighted by atomic mass is 10.00. The molecule has 6 heteroatoms. The van der Waals surface area contributed by atoms with Crippen LogP contribution in [0.3, 0.4) is 0 Å². The number of aromatic nitrogens is 1. The molecule has 0 aliphatic carbocycles. The lowest BCUT2D eigenvalue weighted by molar-refractivity contribution is -0.120. The molecule has 4 nitrogen and oxygen atoms in total. The maximum absolute atomic E-state index is 12.8. The minimum Gasteiger partial charge on any atom is -0.462 e. The number of carbonyl (C=O) groups is 1. The van der Waals surface area contributed by atoms with Crippen molar-refractivity contribution in [3.63, 3.8) is 0 Å². The number of halogens is 2. The Morgan fingerprint density at radius 2 is 2.00 bits per heavy atom. The molecule has 1 unspecified atom stereocenters. The second kappa shape index (κ2) is 5.99. The first-order valence-corrected chi connectivity index (χ1v) is 7.36. The van der Waals surface area contributed by atoms with Crippen molar-refractivity contribution in [1.29, 1.82) is 0 Å². The van der Waals surface area contributed by atoms with E-state index in [1.165, 1.54) is 0 Å². The van der Waals surface area contributed by atoms with Crippen LogP contribution in [0, 0.1) is 0 Å². The molecule has 1 atom stereocenters. The smallest absolute Gasteiger partial charge is 0.215 e. The third kappa shape index (κ3) is 2.56. The van der Waals surface area contributed by atoms with Crippen molar-refractivity contribution in [2.45, 2.75) is 6.10 Å². The van der Waals surface area contributed by atoms with Crippen molar-refractivity contribution in [1.82, 2.24) is 10.3 Å². The third-order valence-corrected chi connectivity index (χ3v) is 3.92. The summed E-state index contributed by atoms with van der Waals surface area (Å²) in [4.78, 5) is 17.0. The van der Waals surface area contributed by atoms with Crippen molar-refractivity contribution in [2.24, 2.45) is 0 Å². The number of pyridine rings is 1. The first-order chi connectivity index (χ1) is 10.6. The van der Waals surface area contributed by atoms with Crippen LogP contribution in [0.1, 0.15) is 17.4 Å². The zero-order valence-electron chi connectivity index (χ0n) is 11.6. The fraction of sp³-hybridized carbons (Fsp3) is 0.125. The van der Waals surface area contributed by atoms with Gasteiger partial charge < -0.3 is 10.1 Å². The Labute approximate surface area is 137 Å². The van der Waals surface area contributed by atoms with Gasteiger partial charge in [-0.15, -0.1) is 0 Å². The number of ketones is 1. The summed E-state index contributed by atoms with van der Waals surface area (Å²) < 4.78 is 5.75. The van der Waals surface area contributed by atoms with Crippen LogP contribution >= 0.6 is 23.2 Å². The summed E-state index contributed by atoms with van der Waals surface area (Å²) in [6.07, 6.45) is 0.764. The molecule has 2 aromatic rings. The summed E-state index contributed by atoms with van der Waals surface area (Å²) >= 11 is 12.2. The lowest BCUT2D eigenvalue weighted by Gasteiger charge is -2.12. The molecule has 2 heterocycles. The number of rotatable bonds is 3. The quantitative estimate of drug-likeness (QED) is 0.931. The second-order valence-corrected chi connectivity index (χ2v) is 5.54. The lowest BCUT2D eigenvalue weighted by Crippen LogP contribution is -2.10. The van der Waals surface area contributed by atoms with Crippen molar-refractivity contribution in [3.05, 3.63) is 69.8 Å². The molecule has 1 aromatic heterocycles. The van der Waals surface area contributed by atoms with Crippen LogP contribution in [0.15, 0.2) is 48.5 Å². The minimum absolute atomic E-state index is 0.202. The van der Waals surface area contributed by atoms with Crippen LogP contribution < -0.4 is 5.32 Å². The van der Waals surface area contributed by atoms with Crippen LogP contribution in [-0.2, 0) is 9.53 Å². The van der Waals surface area contributed by atoms with E-state index >= 15 is 0 Å². The molecule has 0 fully saturated rings. The summed E-state index contributed by atoms with van der Waals surface area (Å²) in [6.45, 7) is 0. The molecular formula is C16H12Cl2N2O2. The highest BCUT2D eigenvalue weighted by Crippen LogP contribution is 2.38. The van der Waals surface area contributed by atoms with Crippen molar-refractivity contribution >= 4 is 34.6 Å². The van der Waals surface area contributed by atoms with Crippen molar-refractivity contribution in [2.75, 3.05) is 7.05 Å². The van der Waals surface area contributed by atoms with Gasteiger partial charge in [0.2, 0.25) is 11.7 Å². The molecule has 1 aromatic carbocycles. The Balaban J connectivity index is 2.04. The number of nitrogens with zero attached hydrogens (tertiary/aromatic N) is 1. The van der Waals surface area contributed by atoms with E-state index in [-0.39, 0.29) is 5.78 Å². The fourth-order valence-electron chi connectivity index (χ4n) is 2.33. The second-order valence-electron chi connectivity index (χ2n) is 4.70. The van der Waals surface area contributed by atoms with E-state index in [1.807, 2.05) is 6.07 Å². The SMILES string of the molecule is CNC1=C(c2cc(Cl)ccn2)C(=O)C(c2ccccc2Cl)O1. The maximum atomic E-state index is 12.8. The highest BCUT2D eigenvalue weighted by Gasteiger charge is 2.38. The first kappa shape index (κ1) is 14.9. The van der Waals surface area contributed by atoms with Crippen molar-refractivity contribution in [3.8, 4) is 0 Å². The number of carbonyl (C=O) groups excluding carboxylic acids is 1. The standard InChI is InChI=1S/C16H12Cl2N2O2/c1-19-16-13(12-8-9(17)6-7-20-12)14(21)15(22-16)10-4-2-3-5-11(10)18/h2-8,15,19H,1H3. The Morgan fingerprint density at radius 3 is 2.68 bits per heavy atom. The largest absolute Gasteiger partial charge is 0.462 e. The average Bonchev–Trinajstić information content (AvgIpc) is 2.84. The monoisotopic (exact) mass is 334 g/mol. The summed E-state index contributed by atoms with van der Waals surface area (Å²) in [5, 5.41) is 3.88. The molecule has 1 N–H and O–H groups in total. The van der Waals surface area contributed by atoms with Gasteiger partial charge >= 0.3 is 0 Å². The molecule has 1 aliphatic rings. The number of Topliss-reactive ketones (excluding diaryl/α,β-unsaturated/α-hetero) is 1. The summed E-state index contributed by atoms with van der Waals surface area (Å²) in [7, 11) is 1.68. The molecule has 0 saturated heterocycles. The van der Waals surface area contributed by atoms with Crippen LogP contribution in [0.4, 0.5) is 0 Å². The molecule has 3 rings (SSSR count). The first-order valence-electron chi connectivity index (χ1n) is 6.61. The van der Waals surface area contributed by atoms with Gasteiger partial charge in [-0.05, 0) is 18.2 Å². The Kier molecular flexibility index (Phi) is 4.05. The summed E-state index contributed by atoms with van der Waals surface area (Å²) in [5.74, 6) is 0.164. The van der Waals surface area contributed by atoms with Gasteiger partial charge in [0.15, 0.2) is 6.10 Å². The molecule has 0 bridgehead atoms. The zero-order chi connectivity index (χ0) is 15.7. The normalized spacial score (nSPS) is 17.6. The number of benzene rings is 1. The minimum atomic E-state index is -0.785. The van der Waals surface area contributed by atoms with E-state index in [2.05, 4.69) is 10.3 Å². The Hall–Kier alpha value is -2.04. The average molecular weight is 335 g/mol. The van der Waals surface area contributed by atoms with Gasteiger partial charge in [0.1, 0.15) is 5.57 Å². The summed E-state index contributed by atoms with van der Waals surface area (Å²) in [5.41, 5.74) is 1.46. The van der Waals surface area contributed by atoms with Crippen LogP contribution in [-0.4, -0.2) is 17.8 Å². The molecule has 22 heavy (non-hydrogen) atoms. The maximum Gasteiger partial charge on any atom is 0.215 e. The van der Waals surface area contributed by atoms with E-state index in [9.17, 15) is 4.79 Å². The third-order valence-electron chi connectivity index (χ3n) is 3.34. The van der Waals surface area contributed by atoms with E-state index in [0.29, 0.717) is 32.8 Å². The van der Waals surface area contributed by atoms with E-state index in [1.54, 1.807) is 43.6 Å². The number of nitrogens with one attached hydrogen (secondary N) is 1. The summed E-state index contributed by atoms with van der Waals surface area (Å²) in [6, 6.07) is 10.4. The van der Waals surface area contributed by atoms with Gasteiger partial charge in [-0.2, -0.15) is 0 Å². The number of ether oxygens (including phenoxy) is 1. The predicted octanol–water partition coefficient (Wildman–Crippen LogP) is 3.62. The van der Waals surface area contributed by atoms with Gasteiger partial charge in [-0.1, -0.05) is 41.4 Å². The van der Waals surface area contributed by atoms with E-state index in [0.717, 1.165) is 0 Å². The molecule has 0 spiro atoms. The highest BCUT2D eigenvalue weighted by molar-refractivity contribution is 6.33. The molecule has 0 amide bonds. The van der Waals surface area contributed by atoms with Crippen LogP contribution in [0.5, 0.6) is 0 Å². The van der Waals surface area contributed by atoms with Gasteiger partial charge in [-0.25, -0.2) is 0 Å². The van der Waals surface area contributed by atoms with E-state index in [4.69, 9.17) is 27.9 Å². The highest BCUT2D eigenvalue weighted by atomic mass is 35.5. The van der Waals surface area contributed by atoms with Gasteiger partial charge in [-0.3, -0.25) is 9.78 Å². The number of hydrogen-bond donors (Lipinski definition) is 1. The molecule has 0 radical (unpaired) electrons. The van der Waals surface area contributed by atoms with Crippen LogP contribution in [0.2, 0.25) is 10.0 Å². The number of hydrogen-bond acceptors (Lipinski definition) is 4.